The van der Waals surface area contributed by atoms with Crippen molar-refractivity contribution in [3.8, 4) is 5.75 Å². The summed E-state index contributed by atoms with van der Waals surface area (Å²) in [5.74, 6) is 3.46. The van der Waals surface area contributed by atoms with Gasteiger partial charge in [-0.05, 0) is 90.7 Å². The fourth-order valence-electron chi connectivity index (χ4n) is 5.57. The Morgan fingerprint density at radius 2 is 1.92 bits per heavy atom. The van der Waals surface area contributed by atoms with E-state index < -0.39 is 0 Å². The van der Waals surface area contributed by atoms with Crippen LogP contribution in [0.5, 0.6) is 5.75 Å². The Balaban J connectivity index is 1.70. The van der Waals surface area contributed by atoms with Crippen LogP contribution in [0.25, 0.3) is 0 Å². The van der Waals surface area contributed by atoms with E-state index in [9.17, 15) is 10.2 Å². The number of aromatic hydroxyl groups is 1. The largest absolute Gasteiger partial charge is 0.508 e. The molecule has 4 rings (SSSR count). The molecule has 2 heteroatoms. The van der Waals surface area contributed by atoms with Crippen molar-refractivity contribution in [1.29, 1.82) is 0 Å². The van der Waals surface area contributed by atoms with Crippen molar-refractivity contribution in [2.45, 2.75) is 64.2 Å². The number of hydrogen-bond donors (Lipinski definition) is 2. The topological polar surface area (TPSA) is 40.5 Å². The number of hydrogen-bond acceptors (Lipinski definition) is 2. The van der Waals surface area contributed by atoms with Crippen LogP contribution in [0.4, 0.5) is 0 Å². The van der Waals surface area contributed by atoms with E-state index in [1.807, 2.05) is 12.2 Å². The van der Waals surface area contributed by atoms with Gasteiger partial charge in [-0.1, -0.05) is 38.3 Å². The summed E-state index contributed by atoms with van der Waals surface area (Å²) in [4.78, 5) is 0. The standard InChI is InChI=1S/C23H30O2/c1-2-5-16-12-17-13-21(15-8-10-18(24)11-9-15)19-6-3-4-7-20(19)22(17)14-23(16)25/h8,10-12,14-15,19-21,24-25H,2-7,9,13H2,1H3/t15?,19-,20+,21-/m0/s1. The molecule has 25 heavy (non-hydrogen) atoms. The van der Waals surface area contributed by atoms with Crippen LogP contribution >= 0.6 is 0 Å². The van der Waals surface area contributed by atoms with E-state index in [2.05, 4.69) is 25.1 Å². The van der Waals surface area contributed by atoms with E-state index >= 15 is 0 Å². The Bertz CT molecular complexity index is 700. The molecule has 3 aliphatic rings. The molecule has 0 radical (unpaired) electrons. The summed E-state index contributed by atoms with van der Waals surface area (Å²) in [6, 6.07) is 4.40. The number of rotatable bonds is 3. The van der Waals surface area contributed by atoms with Crippen molar-refractivity contribution in [3.63, 3.8) is 0 Å². The number of aliphatic hydroxyl groups is 1. The van der Waals surface area contributed by atoms with E-state index in [-0.39, 0.29) is 0 Å². The lowest BCUT2D eigenvalue weighted by Crippen LogP contribution is -2.36. The Hall–Kier alpha value is -1.70. The molecule has 2 N–H and O–H groups in total. The van der Waals surface area contributed by atoms with Gasteiger partial charge >= 0.3 is 0 Å². The molecule has 1 aromatic carbocycles. The maximum Gasteiger partial charge on any atom is 0.119 e. The molecular formula is C23H30O2. The molecule has 0 amide bonds. The number of phenols is 1. The first-order valence-corrected chi connectivity index (χ1v) is 10.1. The van der Waals surface area contributed by atoms with Gasteiger partial charge in [0.1, 0.15) is 11.5 Å². The smallest absolute Gasteiger partial charge is 0.119 e. The number of fused-ring (bicyclic) bond motifs is 3. The van der Waals surface area contributed by atoms with Gasteiger partial charge in [0.15, 0.2) is 0 Å². The summed E-state index contributed by atoms with van der Waals surface area (Å²) < 4.78 is 0. The molecule has 0 aromatic heterocycles. The van der Waals surface area contributed by atoms with E-state index in [4.69, 9.17) is 0 Å². The predicted molar refractivity (Wildman–Crippen MR) is 102 cm³/mol. The van der Waals surface area contributed by atoms with E-state index in [1.54, 1.807) is 0 Å². The zero-order valence-corrected chi connectivity index (χ0v) is 15.2. The molecule has 1 saturated carbocycles. The van der Waals surface area contributed by atoms with Gasteiger partial charge in [0.25, 0.3) is 0 Å². The minimum absolute atomic E-state index is 0.419. The highest BCUT2D eigenvalue weighted by Crippen LogP contribution is 2.52. The second-order valence-electron chi connectivity index (χ2n) is 8.24. The van der Waals surface area contributed by atoms with Crippen LogP contribution < -0.4 is 0 Å². The summed E-state index contributed by atoms with van der Waals surface area (Å²) in [5.41, 5.74) is 4.02. The summed E-state index contributed by atoms with van der Waals surface area (Å²) in [7, 11) is 0. The van der Waals surface area contributed by atoms with Crippen molar-refractivity contribution in [2.75, 3.05) is 0 Å². The van der Waals surface area contributed by atoms with Gasteiger partial charge in [-0.3, -0.25) is 0 Å². The molecular weight excluding hydrogens is 308 g/mol. The van der Waals surface area contributed by atoms with Crippen molar-refractivity contribution in [1.82, 2.24) is 0 Å². The molecule has 2 nitrogen and oxygen atoms in total. The fourth-order valence-corrected chi connectivity index (χ4v) is 5.57. The van der Waals surface area contributed by atoms with E-state index in [1.165, 1.54) is 36.8 Å². The lowest BCUT2D eigenvalue weighted by atomic mass is 9.59. The Kier molecular flexibility index (Phi) is 4.62. The van der Waals surface area contributed by atoms with Gasteiger partial charge < -0.3 is 10.2 Å². The Labute approximate surface area is 151 Å². The van der Waals surface area contributed by atoms with Gasteiger partial charge in [-0.25, -0.2) is 0 Å². The molecule has 3 aliphatic carbocycles. The molecule has 1 unspecified atom stereocenters. The molecule has 0 aliphatic heterocycles. The number of benzene rings is 1. The van der Waals surface area contributed by atoms with Gasteiger partial charge in [-0.2, -0.15) is 0 Å². The van der Waals surface area contributed by atoms with Gasteiger partial charge in [-0.15, -0.1) is 0 Å². The lowest BCUT2D eigenvalue weighted by Gasteiger charge is -2.45. The van der Waals surface area contributed by atoms with Crippen LogP contribution in [0.15, 0.2) is 36.1 Å². The normalized spacial score (nSPS) is 31.2. The third kappa shape index (κ3) is 3.12. The van der Waals surface area contributed by atoms with Crippen molar-refractivity contribution < 1.29 is 10.2 Å². The van der Waals surface area contributed by atoms with Gasteiger partial charge in [0.2, 0.25) is 0 Å². The molecule has 1 fully saturated rings. The second-order valence-corrected chi connectivity index (χ2v) is 8.24. The molecule has 0 bridgehead atoms. The van der Waals surface area contributed by atoms with Gasteiger partial charge in [0, 0.05) is 0 Å². The van der Waals surface area contributed by atoms with Crippen LogP contribution in [0.1, 0.15) is 68.1 Å². The molecule has 0 saturated heterocycles. The minimum atomic E-state index is 0.419. The van der Waals surface area contributed by atoms with E-state index in [0.29, 0.717) is 29.3 Å². The highest BCUT2D eigenvalue weighted by atomic mass is 16.3. The summed E-state index contributed by atoms with van der Waals surface area (Å²) in [6.45, 7) is 2.17. The predicted octanol–water partition coefficient (Wildman–Crippen LogP) is 5.81. The first-order valence-electron chi connectivity index (χ1n) is 10.1. The lowest BCUT2D eigenvalue weighted by molar-refractivity contribution is 0.155. The third-order valence-corrected chi connectivity index (χ3v) is 6.75. The molecule has 134 valence electrons. The quantitative estimate of drug-likeness (QED) is 0.730. The van der Waals surface area contributed by atoms with E-state index in [0.717, 1.165) is 37.2 Å². The number of aliphatic hydroxyl groups excluding tert-OH is 1. The van der Waals surface area contributed by atoms with Crippen LogP contribution in [-0.4, -0.2) is 10.2 Å². The van der Waals surface area contributed by atoms with Crippen LogP contribution in [-0.2, 0) is 12.8 Å². The van der Waals surface area contributed by atoms with Crippen LogP contribution in [0.3, 0.4) is 0 Å². The second kappa shape index (κ2) is 6.90. The number of phenolic OH excluding ortho intramolecular Hbond substituents is 1. The first kappa shape index (κ1) is 16.8. The minimum Gasteiger partial charge on any atom is -0.508 e. The highest BCUT2D eigenvalue weighted by molar-refractivity contribution is 5.46. The zero-order valence-electron chi connectivity index (χ0n) is 15.2. The third-order valence-electron chi connectivity index (χ3n) is 6.75. The van der Waals surface area contributed by atoms with Crippen LogP contribution in [0, 0.1) is 17.8 Å². The molecule has 4 atom stereocenters. The fraction of sp³-hybridized carbons (Fsp3) is 0.565. The molecule has 0 heterocycles. The zero-order chi connectivity index (χ0) is 17.4. The average Bonchev–Trinajstić information content (AvgIpc) is 2.63. The van der Waals surface area contributed by atoms with Gasteiger partial charge in [0.05, 0.1) is 0 Å². The number of aryl methyl sites for hydroxylation is 1. The summed E-state index contributed by atoms with van der Waals surface area (Å²) in [6.07, 6.45) is 15.4. The summed E-state index contributed by atoms with van der Waals surface area (Å²) in [5, 5.41) is 20.2. The maximum absolute atomic E-state index is 10.5. The van der Waals surface area contributed by atoms with Crippen molar-refractivity contribution in [3.05, 3.63) is 52.8 Å². The van der Waals surface area contributed by atoms with Crippen molar-refractivity contribution in [2.24, 2.45) is 17.8 Å². The number of allylic oxidation sites excluding steroid dienone is 3. The van der Waals surface area contributed by atoms with Crippen LogP contribution in [0.2, 0.25) is 0 Å². The monoisotopic (exact) mass is 338 g/mol. The van der Waals surface area contributed by atoms with Crippen molar-refractivity contribution >= 4 is 0 Å². The summed E-state index contributed by atoms with van der Waals surface area (Å²) >= 11 is 0. The maximum atomic E-state index is 10.5. The highest BCUT2D eigenvalue weighted by Gasteiger charge is 2.41. The SMILES string of the molecule is CCCc1cc2c(cc1O)[C@@H]1CCCC[C@@H]1[C@H](C1C=CC(O)=CC1)C2. The molecule has 0 spiro atoms. The molecule has 1 aromatic rings. The first-order chi connectivity index (χ1) is 12.2. The average molecular weight is 338 g/mol. The Morgan fingerprint density at radius 3 is 2.68 bits per heavy atom. The Morgan fingerprint density at radius 1 is 1.08 bits per heavy atom.